The van der Waals surface area contributed by atoms with E-state index >= 15 is 0 Å². The summed E-state index contributed by atoms with van der Waals surface area (Å²) in [5.41, 5.74) is 4.79. The third kappa shape index (κ3) is 3.00. The van der Waals surface area contributed by atoms with Gasteiger partial charge in [0.05, 0.1) is 27.2 Å². The van der Waals surface area contributed by atoms with Crippen molar-refractivity contribution in [1.82, 2.24) is 4.98 Å². The van der Waals surface area contributed by atoms with Gasteiger partial charge < -0.3 is 4.42 Å². The molecule has 3 heterocycles. The van der Waals surface area contributed by atoms with E-state index in [-0.39, 0.29) is 16.8 Å². The number of benzene rings is 3. The summed E-state index contributed by atoms with van der Waals surface area (Å²) in [4.78, 5) is 33.7. The zero-order valence-corrected chi connectivity index (χ0v) is 19.5. The topological polar surface area (TPSA) is 63.4 Å². The molecular formula is C27H19FN2O3S. The van der Waals surface area contributed by atoms with E-state index in [4.69, 9.17) is 9.40 Å². The Balaban J connectivity index is 1.65. The molecule has 5 nitrogen and oxygen atoms in total. The van der Waals surface area contributed by atoms with Crippen LogP contribution in [0.25, 0.3) is 21.2 Å². The molecule has 168 valence electrons. The van der Waals surface area contributed by atoms with Crippen LogP contribution in [0.1, 0.15) is 44.4 Å². The number of aryl methyl sites for hydroxylation is 3. The van der Waals surface area contributed by atoms with Gasteiger partial charge in [-0.3, -0.25) is 14.5 Å². The lowest BCUT2D eigenvalue weighted by Gasteiger charge is -2.22. The first kappa shape index (κ1) is 20.7. The number of hydrogen-bond donors (Lipinski definition) is 0. The summed E-state index contributed by atoms with van der Waals surface area (Å²) in [7, 11) is 0. The van der Waals surface area contributed by atoms with Crippen molar-refractivity contribution >= 4 is 43.6 Å². The summed E-state index contributed by atoms with van der Waals surface area (Å²) in [6.45, 7) is 5.89. The molecule has 0 radical (unpaired) electrons. The van der Waals surface area contributed by atoms with Crippen LogP contribution in [-0.2, 0) is 0 Å². The molecule has 34 heavy (non-hydrogen) atoms. The highest BCUT2D eigenvalue weighted by molar-refractivity contribution is 7.22. The molecule has 7 heteroatoms. The van der Waals surface area contributed by atoms with Crippen molar-refractivity contribution in [2.75, 3.05) is 4.90 Å². The lowest BCUT2D eigenvalue weighted by molar-refractivity contribution is 0.0971. The first-order valence-electron chi connectivity index (χ1n) is 10.9. The third-order valence-corrected chi connectivity index (χ3v) is 7.24. The molecule has 1 aliphatic heterocycles. The first-order valence-corrected chi connectivity index (χ1v) is 11.7. The number of nitrogens with zero attached hydrogens (tertiary/aromatic N) is 2. The van der Waals surface area contributed by atoms with Gasteiger partial charge in [0.1, 0.15) is 11.4 Å². The molecule has 2 aromatic heterocycles. The van der Waals surface area contributed by atoms with Crippen LogP contribution in [0.4, 0.5) is 9.52 Å². The van der Waals surface area contributed by atoms with Crippen molar-refractivity contribution in [1.29, 1.82) is 0 Å². The van der Waals surface area contributed by atoms with Crippen LogP contribution in [0.2, 0.25) is 0 Å². The Labute approximate surface area is 198 Å². The molecule has 0 saturated heterocycles. The van der Waals surface area contributed by atoms with Crippen molar-refractivity contribution in [3.05, 3.63) is 104 Å². The number of hydrogen-bond acceptors (Lipinski definition) is 5. The second-order valence-electron chi connectivity index (χ2n) is 8.73. The SMILES string of the molecule is Cc1cc(C)c2nc(N3C(=O)c4oc5ccc(C)cc5c(=O)c4C3c3ccc(F)cc3)sc2c1. The van der Waals surface area contributed by atoms with Gasteiger partial charge in [-0.05, 0) is 67.8 Å². The van der Waals surface area contributed by atoms with Crippen molar-refractivity contribution in [3.63, 3.8) is 0 Å². The minimum Gasteiger partial charge on any atom is -0.450 e. The summed E-state index contributed by atoms with van der Waals surface area (Å²) >= 11 is 1.39. The van der Waals surface area contributed by atoms with Gasteiger partial charge in [-0.2, -0.15) is 0 Å². The maximum absolute atomic E-state index is 13.7. The van der Waals surface area contributed by atoms with E-state index < -0.39 is 17.8 Å². The number of aromatic nitrogens is 1. The molecule has 0 bridgehead atoms. The smallest absolute Gasteiger partial charge is 0.297 e. The summed E-state index contributed by atoms with van der Waals surface area (Å²) in [5, 5.41) is 0.880. The van der Waals surface area contributed by atoms with Crippen LogP contribution in [0.5, 0.6) is 0 Å². The molecule has 1 amide bonds. The highest BCUT2D eigenvalue weighted by Crippen LogP contribution is 2.44. The Kier molecular flexibility index (Phi) is 4.47. The highest BCUT2D eigenvalue weighted by Gasteiger charge is 2.45. The Hall–Kier alpha value is -3.84. The molecule has 1 aliphatic rings. The van der Waals surface area contributed by atoms with E-state index in [2.05, 4.69) is 0 Å². The number of carbonyl (C=O) groups is 1. The van der Waals surface area contributed by atoms with Crippen molar-refractivity contribution in [2.24, 2.45) is 0 Å². The molecule has 5 aromatic rings. The predicted octanol–water partition coefficient (Wildman–Crippen LogP) is 6.22. The van der Waals surface area contributed by atoms with Gasteiger partial charge >= 0.3 is 0 Å². The Morgan fingerprint density at radius 1 is 0.971 bits per heavy atom. The maximum atomic E-state index is 13.7. The number of thiazole rings is 1. The van der Waals surface area contributed by atoms with E-state index in [0.717, 1.165) is 26.9 Å². The lowest BCUT2D eigenvalue weighted by atomic mass is 9.98. The van der Waals surface area contributed by atoms with Crippen LogP contribution in [0.15, 0.2) is 63.8 Å². The van der Waals surface area contributed by atoms with Gasteiger partial charge in [0.25, 0.3) is 5.91 Å². The second kappa shape index (κ2) is 7.33. The number of fused-ring (bicyclic) bond motifs is 3. The fraction of sp³-hybridized carbons (Fsp3) is 0.148. The van der Waals surface area contributed by atoms with Crippen LogP contribution in [0, 0.1) is 26.6 Å². The molecule has 6 rings (SSSR count). The molecule has 3 aromatic carbocycles. The largest absolute Gasteiger partial charge is 0.450 e. The van der Waals surface area contributed by atoms with Gasteiger partial charge in [-0.25, -0.2) is 9.37 Å². The highest BCUT2D eigenvalue weighted by atomic mass is 32.1. The number of rotatable bonds is 2. The molecule has 0 aliphatic carbocycles. The van der Waals surface area contributed by atoms with Crippen molar-refractivity contribution in [2.45, 2.75) is 26.8 Å². The van der Waals surface area contributed by atoms with E-state index in [1.807, 2.05) is 39.0 Å². The fourth-order valence-corrected chi connectivity index (χ4v) is 5.87. The lowest BCUT2D eigenvalue weighted by Crippen LogP contribution is -2.29. The number of anilines is 1. The average molecular weight is 471 g/mol. The van der Waals surface area contributed by atoms with Gasteiger partial charge in [-0.15, -0.1) is 0 Å². The molecule has 0 fully saturated rings. The van der Waals surface area contributed by atoms with Crippen molar-refractivity contribution in [3.8, 4) is 0 Å². The van der Waals surface area contributed by atoms with Gasteiger partial charge in [0.15, 0.2) is 10.6 Å². The molecule has 0 saturated carbocycles. The quantitative estimate of drug-likeness (QED) is 0.307. The monoisotopic (exact) mass is 470 g/mol. The number of halogens is 1. The molecule has 1 unspecified atom stereocenters. The zero-order valence-electron chi connectivity index (χ0n) is 18.7. The van der Waals surface area contributed by atoms with Crippen LogP contribution >= 0.6 is 11.3 Å². The van der Waals surface area contributed by atoms with E-state index in [1.54, 1.807) is 24.3 Å². The van der Waals surface area contributed by atoms with Gasteiger partial charge in [-0.1, -0.05) is 41.2 Å². The number of carbonyl (C=O) groups excluding carboxylic acids is 1. The standard InChI is InChI=1S/C27H19FN2O3S/c1-13-4-9-19-18(11-13)24(31)21-23(16-5-7-17(28)8-6-16)30(26(32)25(21)33-19)27-29-22-15(3)10-14(2)12-20(22)34-27/h4-12,23H,1-3H3. The Bertz CT molecular complexity index is 1700. The zero-order chi connectivity index (χ0) is 23.7. The van der Waals surface area contributed by atoms with Crippen LogP contribution < -0.4 is 10.3 Å². The fourth-order valence-electron chi connectivity index (χ4n) is 4.71. The predicted molar refractivity (Wildman–Crippen MR) is 131 cm³/mol. The first-order chi connectivity index (χ1) is 16.3. The maximum Gasteiger partial charge on any atom is 0.297 e. The summed E-state index contributed by atoms with van der Waals surface area (Å²) < 4.78 is 20.7. The van der Waals surface area contributed by atoms with Crippen LogP contribution in [-0.4, -0.2) is 10.9 Å². The van der Waals surface area contributed by atoms with E-state index in [9.17, 15) is 14.0 Å². The van der Waals surface area contributed by atoms with Gasteiger partial charge in [0, 0.05) is 0 Å². The summed E-state index contributed by atoms with van der Waals surface area (Å²) in [6.07, 6.45) is 0. The van der Waals surface area contributed by atoms with E-state index in [1.165, 1.54) is 28.4 Å². The Morgan fingerprint density at radius 3 is 2.50 bits per heavy atom. The minimum atomic E-state index is -0.772. The second-order valence-corrected chi connectivity index (χ2v) is 9.74. The number of amides is 1. The van der Waals surface area contributed by atoms with E-state index in [0.29, 0.717) is 21.7 Å². The third-order valence-electron chi connectivity index (χ3n) is 6.24. The Morgan fingerprint density at radius 2 is 1.74 bits per heavy atom. The summed E-state index contributed by atoms with van der Waals surface area (Å²) in [5.74, 6) is -0.827. The normalized spacial score (nSPS) is 15.5. The molecular weight excluding hydrogens is 451 g/mol. The molecule has 1 atom stereocenters. The van der Waals surface area contributed by atoms with Crippen molar-refractivity contribution < 1.29 is 13.6 Å². The summed E-state index contributed by atoms with van der Waals surface area (Å²) in [6, 6.07) is 14.5. The minimum absolute atomic E-state index is 0.00263. The molecule has 0 N–H and O–H groups in total. The van der Waals surface area contributed by atoms with Crippen LogP contribution in [0.3, 0.4) is 0 Å². The molecule has 0 spiro atoms. The van der Waals surface area contributed by atoms with Gasteiger partial charge in [0.2, 0.25) is 5.76 Å². The average Bonchev–Trinajstić information content (AvgIpc) is 3.34.